The van der Waals surface area contributed by atoms with Crippen molar-refractivity contribution in [3.63, 3.8) is 0 Å². The molecule has 6 nitrogen and oxygen atoms in total. The average molecular weight is 334 g/mol. The molecule has 1 heterocycles. The van der Waals surface area contributed by atoms with Gasteiger partial charge in [-0.15, -0.1) is 0 Å². The molecule has 0 radical (unpaired) electrons. The summed E-state index contributed by atoms with van der Waals surface area (Å²) in [5, 5.41) is 5.94. The second-order valence-electron chi connectivity index (χ2n) is 5.31. The van der Waals surface area contributed by atoms with E-state index in [9.17, 15) is 4.79 Å². The Kier molecular flexibility index (Phi) is 5.21. The zero-order chi connectivity index (χ0) is 17.5. The highest BCUT2D eigenvalue weighted by molar-refractivity contribution is 6.02. The first-order valence-electron chi connectivity index (χ1n) is 7.80. The molecular formula is C19H18N4O2. The summed E-state index contributed by atoms with van der Waals surface area (Å²) in [4.78, 5) is 20.5. The molecule has 126 valence electrons. The smallest absolute Gasteiger partial charge is 0.275 e. The number of nitrogens with zero attached hydrogens (tertiary/aromatic N) is 2. The van der Waals surface area contributed by atoms with E-state index in [4.69, 9.17) is 4.74 Å². The van der Waals surface area contributed by atoms with E-state index in [0.29, 0.717) is 12.4 Å². The lowest BCUT2D eigenvalue weighted by Gasteiger charge is -2.07. The Labute approximate surface area is 145 Å². The van der Waals surface area contributed by atoms with E-state index in [-0.39, 0.29) is 11.6 Å². The maximum absolute atomic E-state index is 12.1. The number of para-hydroxylation sites is 1. The van der Waals surface area contributed by atoms with Gasteiger partial charge in [-0.2, -0.15) is 0 Å². The predicted octanol–water partition coefficient (Wildman–Crippen LogP) is 3.35. The molecule has 0 fully saturated rings. The van der Waals surface area contributed by atoms with Gasteiger partial charge in [0.1, 0.15) is 17.3 Å². The van der Waals surface area contributed by atoms with Crippen LogP contribution in [0.15, 0.2) is 67.0 Å². The summed E-state index contributed by atoms with van der Waals surface area (Å²) in [5.41, 5.74) is 2.07. The van der Waals surface area contributed by atoms with Gasteiger partial charge in [0.25, 0.3) is 5.91 Å². The molecule has 0 unspecified atom stereocenters. The lowest BCUT2D eigenvalue weighted by atomic mass is 10.2. The maximum atomic E-state index is 12.1. The zero-order valence-corrected chi connectivity index (χ0v) is 13.8. The highest BCUT2D eigenvalue weighted by atomic mass is 16.5. The van der Waals surface area contributed by atoms with E-state index in [1.54, 1.807) is 13.3 Å². The second kappa shape index (κ2) is 7.92. The standard InChI is InChI=1S/C19H18N4O2/c1-25-16-9-7-14(8-10-16)11-21-18-13-20-17(12-22-18)19(24)23-15-5-3-2-4-6-15/h2-10,12-13H,11H2,1H3,(H,21,22)(H,23,24). The van der Waals surface area contributed by atoms with Crippen LogP contribution in [-0.4, -0.2) is 23.0 Å². The molecular weight excluding hydrogens is 316 g/mol. The number of benzene rings is 2. The summed E-state index contributed by atoms with van der Waals surface area (Å²) < 4.78 is 5.13. The van der Waals surface area contributed by atoms with Crippen LogP contribution in [0.2, 0.25) is 0 Å². The molecule has 3 rings (SSSR count). The summed E-state index contributed by atoms with van der Waals surface area (Å²) in [6.45, 7) is 0.605. The van der Waals surface area contributed by atoms with Crippen LogP contribution in [0.3, 0.4) is 0 Å². The number of anilines is 2. The molecule has 6 heteroatoms. The number of hydrogen-bond acceptors (Lipinski definition) is 5. The SMILES string of the molecule is COc1ccc(CNc2cnc(C(=O)Nc3ccccc3)cn2)cc1. The summed E-state index contributed by atoms with van der Waals surface area (Å²) in [6, 6.07) is 17.0. The molecule has 0 bridgehead atoms. The van der Waals surface area contributed by atoms with Crippen LogP contribution in [0.25, 0.3) is 0 Å². The van der Waals surface area contributed by atoms with E-state index in [0.717, 1.165) is 17.0 Å². The monoisotopic (exact) mass is 334 g/mol. The van der Waals surface area contributed by atoms with E-state index >= 15 is 0 Å². The van der Waals surface area contributed by atoms with Crippen LogP contribution in [0.1, 0.15) is 16.1 Å². The van der Waals surface area contributed by atoms with Crippen LogP contribution in [0, 0.1) is 0 Å². The van der Waals surface area contributed by atoms with E-state index in [1.165, 1.54) is 6.20 Å². The molecule has 0 atom stereocenters. The third kappa shape index (κ3) is 4.54. The molecule has 1 amide bonds. The molecule has 0 saturated carbocycles. The van der Waals surface area contributed by atoms with Gasteiger partial charge in [-0.25, -0.2) is 9.97 Å². The Morgan fingerprint density at radius 3 is 2.40 bits per heavy atom. The molecule has 0 aliphatic rings. The van der Waals surface area contributed by atoms with Crippen molar-refractivity contribution in [1.82, 2.24) is 9.97 Å². The molecule has 0 saturated heterocycles. The van der Waals surface area contributed by atoms with E-state index < -0.39 is 0 Å². The number of carbonyl (C=O) groups excluding carboxylic acids is 1. The van der Waals surface area contributed by atoms with Crippen LogP contribution < -0.4 is 15.4 Å². The summed E-state index contributed by atoms with van der Waals surface area (Å²) in [7, 11) is 1.64. The van der Waals surface area contributed by atoms with Gasteiger partial charge in [-0.05, 0) is 29.8 Å². The third-order valence-corrected chi connectivity index (χ3v) is 3.55. The van der Waals surface area contributed by atoms with Gasteiger partial charge in [0.05, 0.1) is 19.5 Å². The highest BCUT2D eigenvalue weighted by Gasteiger charge is 2.08. The summed E-state index contributed by atoms with van der Waals surface area (Å²) in [5.74, 6) is 1.13. The Balaban J connectivity index is 1.57. The van der Waals surface area contributed by atoms with Gasteiger partial charge >= 0.3 is 0 Å². The minimum Gasteiger partial charge on any atom is -0.497 e. The van der Waals surface area contributed by atoms with Gasteiger partial charge in [0.2, 0.25) is 0 Å². The first-order valence-corrected chi connectivity index (χ1v) is 7.80. The fraction of sp³-hybridized carbons (Fsp3) is 0.105. The highest BCUT2D eigenvalue weighted by Crippen LogP contribution is 2.13. The zero-order valence-electron chi connectivity index (χ0n) is 13.8. The average Bonchev–Trinajstić information content (AvgIpc) is 2.68. The topological polar surface area (TPSA) is 76.1 Å². The van der Waals surface area contributed by atoms with Crippen LogP contribution >= 0.6 is 0 Å². The van der Waals surface area contributed by atoms with Crippen LogP contribution in [0.4, 0.5) is 11.5 Å². The maximum Gasteiger partial charge on any atom is 0.275 e. The molecule has 1 aromatic heterocycles. The molecule has 2 N–H and O–H groups in total. The molecule has 0 aliphatic heterocycles. The van der Waals surface area contributed by atoms with Crippen molar-refractivity contribution in [2.45, 2.75) is 6.54 Å². The van der Waals surface area contributed by atoms with Gasteiger partial charge in [0, 0.05) is 12.2 Å². The fourth-order valence-corrected chi connectivity index (χ4v) is 2.19. The van der Waals surface area contributed by atoms with Gasteiger partial charge in [-0.1, -0.05) is 30.3 Å². The summed E-state index contributed by atoms with van der Waals surface area (Å²) >= 11 is 0. The van der Waals surface area contributed by atoms with Crippen molar-refractivity contribution in [3.05, 3.63) is 78.2 Å². The fourth-order valence-electron chi connectivity index (χ4n) is 2.19. The normalized spacial score (nSPS) is 10.1. The molecule has 0 aliphatic carbocycles. The third-order valence-electron chi connectivity index (χ3n) is 3.55. The van der Waals surface area contributed by atoms with Gasteiger partial charge in [0.15, 0.2) is 0 Å². The Bertz CT molecular complexity index is 818. The number of hydrogen-bond donors (Lipinski definition) is 2. The largest absolute Gasteiger partial charge is 0.497 e. The number of aromatic nitrogens is 2. The van der Waals surface area contributed by atoms with Crippen molar-refractivity contribution < 1.29 is 9.53 Å². The lowest BCUT2D eigenvalue weighted by molar-refractivity contribution is 0.102. The first kappa shape index (κ1) is 16.4. The number of nitrogens with one attached hydrogen (secondary N) is 2. The predicted molar refractivity (Wildman–Crippen MR) is 96.7 cm³/mol. The second-order valence-corrected chi connectivity index (χ2v) is 5.31. The number of methoxy groups -OCH3 is 1. The van der Waals surface area contributed by atoms with Crippen molar-refractivity contribution >= 4 is 17.4 Å². The summed E-state index contributed by atoms with van der Waals surface area (Å²) in [6.07, 6.45) is 3.00. The minimum atomic E-state index is -0.291. The number of carbonyl (C=O) groups is 1. The number of ether oxygens (including phenoxy) is 1. The van der Waals surface area contributed by atoms with Gasteiger partial charge in [-0.3, -0.25) is 4.79 Å². The Hall–Kier alpha value is -3.41. The van der Waals surface area contributed by atoms with E-state index in [1.807, 2.05) is 54.6 Å². The lowest BCUT2D eigenvalue weighted by Crippen LogP contribution is -2.14. The van der Waals surface area contributed by atoms with Crippen molar-refractivity contribution in [2.75, 3.05) is 17.7 Å². The number of amides is 1. The first-order chi connectivity index (χ1) is 12.2. The number of rotatable bonds is 6. The van der Waals surface area contributed by atoms with Crippen LogP contribution in [-0.2, 0) is 6.54 Å². The molecule has 3 aromatic rings. The Morgan fingerprint density at radius 2 is 1.76 bits per heavy atom. The minimum absolute atomic E-state index is 0.263. The van der Waals surface area contributed by atoms with Crippen molar-refractivity contribution in [1.29, 1.82) is 0 Å². The van der Waals surface area contributed by atoms with Gasteiger partial charge < -0.3 is 15.4 Å². The Morgan fingerprint density at radius 1 is 1.00 bits per heavy atom. The molecule has 25 heavy (non-hydrogen) atoms. The molecule has 2 aromatic carbocycles. The van der Waals surface area contributed by atoms with E-state index in [2.05, 4.69) is 20.6 Å². The quantitative estimate of drug-likeness (QED) is 0.723. The van der Waals surface area contributed by atoms with Crippen molar-refractivity contribution in [3.8, 4) is 5.75 Å². The van der Waals surface area contributed by atoms with Crippen LogP contribution in [0.5, 0.6) is 5.75 Å². The molecule has 0 spiro atoms. The van der Waals surface area contributed by atoms with Crippen molar-refractivity contribution in [2.24, 2.45) is 0 Å².